The van der Waals surface area contributed by atoms with E-state index in [2.05, 4.69) is 4.99 Å². The van der Waals surface area contributed by atoms with Crippen molar-refractivity contribution in [1.29, 1.82) is 0 Å². The van der Waals surface area contributed by atoms with Gasteiger partial charge in [-0.05, 0) is 44.5 Å². The van der Waals surface area contributed by atoms with E-state index in [0.29, 0.717) is 17.3 Å². The molecule has 0 radical (unpaired) electrons. The average Bonchev–Trinajstić information content (AvgIpc) is 2.67. The molecule has 22 heavy (non-hydrogen) atoms. The van der Waals surface area contributed by atoms with E-state index >= 15 is 0 Å². The minimum Gasteiger partial charge on any atom is -0.431 e. The standard InChI is InChI=1S/C16H18N2O4/c1-10(2)21-16(20)22-13-7-5-12(6-8-13)9-14-15(19)18(4)11(3)17-14/h5-10H,1-4H3/b14-9-. The Bertz CT molecular complexity index is 645. The van der Waals surface area contributed by atoms with Crippen molar-refractivity contribution < 1.29 is 19.1 Å². The van der Waals surface area contributed by atoms with Crippen LogP contribution in [0.2, 0.25) is 0 Å². The molecule has 0 saturated heterocycles. The molecule has 6 heteroatoms. The first-order valence-electron chi connectivity index (χ1n) is 6.90. The molecular weight excluding hydrogens is 284 g/mol. The highest BCUT2D eigenvalue weighted by atomic mass is 16.7. The van der Waals surface area contributed by atoms with Crippen LogP contribution >= 0.6 is 0 Å². The monoisotopic (exact) mass is 302 g/mol. The molecule has 1 aliphatic heterocycles. The summed E-state index contributed by atoms with van der Waals surface area (Å²) in [5, 5.41) is 0. The van der Waals surface area contributed by atoms with Gasteiger partial charge in [0, 0.05) is 7.05 Å². The number of amidine groups is 1. The van der Waals surface area contributed by atoms with Crippen molar-refractivity contribution in [2.24, 2.45) is 4.99 Å². The molecule has 0 fully saturated rings. The number of amides is 1. The summed E-state index contributed by atoms with van der Waals surface area (Å²) >= 11 is 0. The molecule has 1 heterocycles. The molecule has 0 aromatic heterocycles. The third kappa shape index (κ3) is 3.72. The fourth-order valence-corrected chi connectivity index (χ4v) is 1.81. The van der Waals surface area contributed by atoms with Crippen molar-refractivity contribution in [3.63, 3.8) is 0 Å². The number of likely N-dealkylation sites (N-methyl/N-ethyl adjacent to an activating group) is 1. The van der Waals surface area contributed by atoms with Crippen molar-refractivity contribution in [1.82, 2.24) is 4.90 Å². The quantitative estimate of drug-likeness (QED) is 0.489. The van der Waals surface area contributed by atoms with Crippen LogP contribution in [0.5, 0.6) is 5.75 Å². The molecule has 6 nitrogen and oxygen atoms in total. The fraction of sp³-hybridized carbons (Fsp3) is 0.312. The van der Waals surface area contributed by atoms with E-state index in [0.717, 1.165) is 5.56 Å². The summed E-state index contributed by atoms with van der Waals surface area (Å²) in [6.45, 7) is 5.26. The van der Waals surface area contributed by atoms with Gasteiger partial charge in [-0.1, -0.05) is 12.1 Å². The van der Waals surface area contributed by atoms with E-state index in [1.807, 2.05) is 0 Å². The second-order valence-corrected chi connectivity index (χ2v) is 5.14. The first-order chi connectivity index (χ1) is 10.4. The topological polar surface area (TPSA) is 68.2 Å². The van der Waals surface area contributed by atoms with Crippen LogP contribution in [0.1, 0.15) is 26.3 Å². The van der Waals surface area contributed by atoms with Gasteiger partial charge in [-0.3, -0.25) is 9.69 Å². The van der Waals surface area contributed by atoms with Gasteiger partial charge >= 0.3 is 6.16 Å². The van der Waals surface area contributed by atoms with Crippen LogP contribution in [0.15, 0.2) is 35.0 Å². The molecule has 116 valence electrons. The van der Waals surface area contributed by atoms with Crippen molar-refractivity contribution in [2.75, 3.05) is 7.05 Å². The predicted octanol–water partition coefficient (Wildman–Crippen LogP) is 2.84. The molecule has 1 aliphatic rings. The van der Waals surface area contributed by atoms with E-state index in [9.17, 15) is 9.59 Å². The van der Waals surface area contributed by atoms with Crippen molar-refractivity contribution in [2.45, 2.75) is 26.9 Å². The summed E-state index contributed by atoms with van der Waals surface area (Å²) in [5.74, 6) is 0.897. The lowest BCUT2D eigenvalue weighted by Gasteiger charge is -2.08. The Balaban J connectivity index is 2.07. The summed E-state index contributed by atoms with van der Waals surface area (Å²) in [5.41, 5.74) is 1.17. The highest BCUT2D eigenvalue weighted by molar-refractivity contribution is 6.13. The molecule has 1 aromatic carbocycles. The Labute approximate surface area is 129 Å². The third-order valence-corrected chi connectivity index (χ3v) is 3.01. The molecule has 0 saturated carbocycles. The summed E-state index contributed by atoms with van der Waals surface area (Å²) in [4.78, 5) is 29.0. The molecule has 1 aromatic rings. The van der Waals surface area contributed by atoms with Gasteiger partial charge in [0.1, 0.15) is 17.3 Å². The van der Waals surface area contributed by atoms with E-state index < -0.39 is 6.16 Å². The maximum atomic E-state index is 11.9. The summed E-state index contributed by atoms with van der Waals surface area (Å²) in [6, 6.07) is 6.74. The number of hydrogen-bond donors (Lipinski definition) is 0. The van der Waals surface area contributed by atoms with E-state index in [1.165, 1.54) is 4.90 Å². The number of nitrogens with zero attached hydrogens (tertiary/aromatic N) is 2. The Morgan fingerprint density at radius 3 is 2.41 bits per heavy atom. The zero-order chi connectivity index (χ0) is 16.3. The van der Waals surface area contributed by atoms with E-state index in [-0.39, 0.29) is 12.0 Å². The van der Waals surface area contributed by atoms with Crippen LogP contribution in [0.4, 0.5) is 4.79 Å². The smallest absolute Gasteiger partial charge is 0.431 e. The van der Waals surface area contributed by atoms with Gasteiger partial charge in [0.25, 0.3) is 5.91 Å². The summed E-state index contributed by atoms with van der Waals surface area (Å²) in [6.07, 6.45) is 0.711. The fourth-order valence-electron chi connectivity index (χ4n) is 1.81. The van der Waals surface area contributed by atoms with E-state index in [1.54, 1.807) is 58.2 Å². The van der Waals surface area contributed by atoms with Gasteiger partial charge < -0.3 is 9.47 Å². The van der Waals surface area contributed by atoms with Crippen molar-refractivity contribution in [3.05, 3.63) is 35.5 Å². The number of carbonyl (C=O) groups is 2. The first-order valence-corrected chi connectivity index (χ1v) is 6.90. The lowest BCUT2D eigenvalue weighted by Crippen LogP contribution is -2.25. The third-order valence-electron chi connectivity index (χ3n) is 3.01. The van der Waals surface area contributed by atoms with Gasteiger partial charge in [0.15, 0.2) is 0 Å². The highest BCUT2D eigenvalue weighted by Crippen LogP contribution is 2.19. The Morgan fingerprint density at radius 2 is 1.91 bits per heavy atom. The molecule has 0 N–H and O–H groups in total. The van der Waals surface area contributed by atoms with Crippen molar-refractivity contribution >= 4 is 24.0 Å². The molecule has 0 aliphatic carbocycles. The summed E-state index contributed by atoms with van der Waals surface area (Å²) in [7, 11) is 1.68. The number of ether oxygens (including phenoxy) is 2. The molecule has 0 bridgehead atoms. The Morgan fingerprint density at radius 1 is 1.27 bits per heavy atom. The largest absolute Gasteiger partial charge is 0.514 e. The van der Waals surface area contributed by atoms with E-state index in [4.69, 9.17) is 9.47 Å². The second kappa shape index (κ2) is 6.43. The van der Waals surface area contributed by atoms with Crippen LogP contribution in [-0.4, -0.2) is 35.9 Å². The molecule has 0 atom stereocenters. The number of carbonyl (C=O) groups excluding carboxylic acids is 2. The Hall–Kier alpha value is -2.63. The highest BCUT2D eigenvalue weighted by Gasteiger charge is 2.23. The lowest BCUT2D eigenvalue weighted by molar-refractivity contribution is -0.121. The van der Waals surface area contributed by atoms with Gasteiger partial charge in [-0.25, -0.2) is 9.79 Å². The van der Waals surface area contributed by atoms with Gasteiger partial charge in [0.05, 0.1) is 6.10 Å². The maximum Gasteiger partial charge on any atom is 0.514 e. The zero-order valence-corrected chi connectivity index (χ0v) is 13.0. The Kier molecular flexibility index (Phi) is 4.60. The van der Waals surface area contributed by atoms with Gasteiger partial charge in [0.2, 0.25) is 0 Å². The number of aliphatic imine (C=N–C) groups is 1. The lowest BCUT2D eigenvalue weighted by atomic mass is 10.2. The molecule has 0 unspecified atom stereocenters. The average molecular weight is 302 g/mol. The van der Waals surface area contributed by atoms with Crippen LogP contribution in [0.25, 0.3) is 6.08 Å². The molecule has 2 rings (SSSR count). The van der Waals surface area contributed by atoms with Crippen LogP contribution in [0.3, 0.4) is 0 Å². The predicted molar refractivity (Wildman–Crippen MR) is 82.5 cm³/mol. The minimum absolute atomic E-state index is 0.140. The van der Waals surface area contributed by atoms with Gasteiger partial charge in [-0.2, -0.15) is 0 Å². The minimum atomic E-state index is -0.742. The summed E-state index contributed by atoms with van der Waals surface area (Å²) < 4.78 is 9.91. The first kappa shape index (κ1) is 15.8. The SMILES string of the molecule is CC1=N/C(=C\c2ccc(OC(=O)OC(C)C)cc2)C(=O)N1C. The normalized spacial score (nSPS) is 16.2. The second-order valence-electron chi connectivity index (χ2n) is 5.14. The van der Waals surface area contributed by atoms with Crippen LogP contribution in [-0.2, 0) is 9.53 Å². The number of benzene rings is 1. The maximum absolute atomic E-state index is 11.9. The van der Waals surface area contributed by atoms with Crippen LogP contribution in [0, 0.1) is 0 Å². The number of rotatable bonds is 3. The molecular formula is C16H18N2O4. The van der Waals surface area contributed by atoms with Gasteiger partial charge in [-0.15, -0.1) is 0 Å². The number of hydrogen-bond acceptors (Lipinski definition) is 5. The molecule has 0 spiro atoms. The zero-order valence-electron chi connectivity index (χ0n) is 13.0. The van der Waals surface area contributed by atoms with Crippen LogP contribution < -0.4 is 4.74 Å². The molecule has 1 amide bonds. The van der Waals surface area contributed by atoms with Crippen molar-refractivity contribution in [3.8, 4) is 5.75 Å².